The van der Waals surface area contributed by atoms with E-state index in [1.165, 1.54) is 37.6 Å². The highest BCUT2D eigenvalue weighted by atomic mass is 32.2. The number of sulfonamides is 1. The van der Waals surface area contributed by atoms with Crippen molar-refractivity contribution in [2.75, 3.05) is 30.0 Å². The summed E-state index contributed by atoms with van der Waals surface area (Å²) in [6, 6.07) is 11.3. The third-order valence-electron chi connectivity index (χ3n) is 4.56. The maximum atomic E-state index is 13.5. The summed E-state index contributed by atoms with van der Waals surface area (Å²) in [7, 11) is -0.994. The average molecular weight is 390 g/mol. The molecule has 0 unspecified atom stereocenters. The van der Waals surface area contributed by atoms with E-state index in [0.29, 0.717) is 17.1 Å². The second kappa shape index (κ2) is 7.11. The minimum Gasteiger partial charge on any atom is -0.497 e. The molecule has 0 radical (unpaired) electrons. The molecule has 2 aromatic carbocycles. The fourth-order valence-corrected chi connectivity index (χ4v) is 5.05. The quantitative estimate of drug-likeness (QED) is 0.802. The van der Waals surface area contributed by atoms with Crippen molar-refractivity contribution in [1.82, 2.24) is 0 Å². The molecular weight excluding hydrogens is 368 g/mol. The normalized spacial score (nSPS) is 16.7. The van der Waals surface area contributed by atoms with Gasteiger partial charge >= 0.3 is 0 Å². The largest absolute Gasteiger partial charge is 0.497 e. The van der Waals surface area contributed by atoms with Gasteiger partial charge in [0.2, 0.25) is 5.91 Å². The SMILES string of the molecule is COc1ccc(S(=O)(=O)N2C[C@H](C)N(C(C)=O)c3ccccc32)c(OC)c1. The van der Waals surface area contributed by atoms with Crippen LogP contribution >= 0.6 is 0 Å². The molecule has 2 aromatic rings. The molecule has 27 heavy (non-hydrogen) atoms. The summed E-state index contributed by atoms with van der Waals surface area (Å²) < 4.78 is 38.7. The van der Waals surface area contributed by atoms with Gasteiger partial charge < -0.3 is 14.4 Å². The van der Waals surface area contributed by atoms with Crippen molar-refractivity contribution in [2.24, 2.45) is 0 Å². The van der Waals surface area contributed by atoms with Gasteiger partial charge in [0.15, 0.2) is 0 Å². The van der Waals surface area contributed by atoms with E-state index in [2.05, 4.69) is 0 Å². The molecule has 144 valence electrons. The Kier molecular flexibility index (Phi) is 5.01. The average Bonchev–Trinajstić information content (AvgIpc) is 2.66. The number of nitrogens with zero attached hydrogens (tertiary/aromatic N) is 2. The number of benzene rings is 2. The fourth-order valence-electron chi connectivity index (χ4n) is 3.35. The third-order valence-corrected chi connectivity index (χ3v) is 6.38. The summed E-state index contributed by atoms with van der Waals surface area (Å²) in [5.74, 6) is 0.573. The van der Waals surface area contributed by atoms with Gasteiger partial charge in [0.1, 0.15) is 16.4 Å². The molecule has 0 bridgehead atoms. The molecule has 1 aliphatic heterocycles. The fraction of sp³-hybridized carbons (Fsp3) is 0.316. The molecular formula is C19H22N2O5S. The molecule has 0 N–H and O–H groups in total. The lowest BCUT2D eigenvalue weighted by Gasteiger charge is -2.41. The van der Waals surface area contributed by atoms with E-state index in [4.69, 9.17) is 9.47 Å². The van der Waals surface area contributed by atoms with Crippen molar-refractivity contribution < 1.29 is 22.7 Å². The second-order valence-corrected chi connectivity index (χ2v) is 8.11. The zero-order valence-corrected chi connectivity index (χ0v) is 16.5. The van der Waals surface area contributed by atoms with Gasteiger partial charge in [-0.1, -0.05) is 12.1 Å². The molecule has 1 heterocycles. The number of anilines is 2. The van der Waals surface area contributed by atoms with E-state index < -0.39 is 10.0 Å². The van der Waals surface area contributed by atoms with Crippen LogP contribution in [0.5, 0.6) is 11.5 Å². The van der Waals surface area contributed by atoms with Crippen molar-refractivity contribution in [3.63, 3.8) is 0 Å². The van der Waals surface area contributed by atoms with Gasteiger partial charge in [-0.15, -0.1) is 0 Å². The van der Waals surface area contributed by atoms with E-state index >= 15 is 0 Å². The van der Waals surface area contributed by atoms with Crippen LogP contribution in [0.1, 0.15) is 13.8 Å². The zero-order chi connectivity index (χ0) is 19.8. The number of amides is 1. The monoisotopic (exact) mass is 390 g/mol. The van der Waals surface area contributed by atoms with E-state index in [1.54, 1.807) is 35.2 Å². The number of carbonyl (C=O) groups excluding carboxylic acids is 1. The van der Waals surface area contributed by atoms with E-state index in [-0.39, 0.29) is 29.1 Å². The van der Waals surface area contributed by atoms with E-state index in [1.807, 2.05) is 6.92 Å². The van der Waals surface area contributed by atoms with Crippen molar-refractivity contribution in [3.05, 3.63) is 42.5 Å². The number of ether oxygens (including phenoxy) is 2. The summed E-state index contributed by atoms with van der Waals surface area (Å²) in [5, 5.41) is 0. The van der Waals surface area contributed by atoms with Crippen molar-refractivity contribution in [3.8, 4) is 11.5 Å². The smallest absolute Gasteiger partial charge is 0.268 e. The van der Waals surface area contributed by atoms with Gasteiger partial charge in [-0.25, -0.2) is 8.42 Å². The number of hydrogen-bond donors (Lipinski definition) is 0. The molecule has 0 saturated carbocycles. The Morgan fingerprint density at radius 2 is 1.74 bits per heavy atom. The molecule has 3 rings (SSSR count). The van der Waals surface area contributed by atoms with Crippen LogP contribution in [-0.4, -0.2) is 41.1 Å². The van der Waals surface area contributed by atoms with Crippen LogP contribution in [0.3, 0.4) is 0 Å². The summed E-state index contributed by atoms with van der Waals surface area (Å²) in [5.41, 5.74) is 1.03. The zero-order valence-electron chi connectivity index (χ0n) is 15.7. The summed E-state index contributed by atoms with van der Waals surface area (Å²) in [4.78, 5) is 13.8. The standard InChI is InChI=1S/C19H22N2O5S/c1-13-12-20(16-7-5-6-8-17(16)21(13)14(2)22)27(23,24)19-10-9-15(25-3)11-18(19)26-4/h5-11,13H,12H2,1-4H3/t13-/m0/s1. The van der Waals surface area contributed by atoms with Gasteiger partial charge in [-0.05, 0) is 31.2 Å². The molecule has 7 nitrogen and oxygen atoms in total. The predicted molar refractivity (Wildman–Crippen MR) is 103 cm³/mol. The Morgan fingerprint density at radius 1 is 1.07 bits per heavy atom. The van der Waals surface area contributed by atoms with Gasteiger partial charge in [0, 0.05) is 13.0 Å². The first kappa shape index (κ1) is 19.0. The van der Waals surface area contributed by atoms with Gasteiger partial charge in [0.25, 0.3) is 10.0 Å². The van der Waals surface area contributed by atoms with Gasteiger partial charge in [-0.3, -0.25) is 9.10 Å². The highest BCUT2D eigenvalue weighted by Crippen LogP contribution is 2.40. The van der Waals surface area contributed by atoms with Crippen molar-refractivity contribution in [2.45, 2.75) is 24.8 Å². The predicted octanol–water partition coefficient (Wildman–Crippen LogP) is 2.65. The Labute approximate surface area is 159 Å². The first-order valence-corrected chi connectivity index (χ1v) is 9.89. The molecule has 0 fully saturated rings. The minimum absolute atomic E-state index is 0.0454. The Bertz CT molecular complexity index is 974. The van der Waals surface area contributed by atoms with E-state index in [0.717, 1.165) is 0 Å². The number of para-hydroxylation sites is 2. The Hall–Kier alpha value is -2.74. The van der Waals surface area contributed by atoms with Crippen LogP contribution in [0.4, 0.5) is 11.4 Å². The molecule has 8 heteroatoms. The number of fused-ring (bicyclic) bond motifs is 1. The molecule has 0 aromatic heterocycles. The van der Waals surface area contributed by atoms with Crippen LogP contribution < -0.4 is 18.7 Å². The molecule has 1 aliphatic rings. The maximum absolute atomic E-state index is 13.5. The lowest BCUT2D eigenvalue weighted by molar-refractivity contribution is -0.117. The molecule has 0 spiro atoms. The van der Waals surface area contributed by atoms with Crippen molar-refractivity contribution >= 4 is 27.3 Å². The van der Waals surface area contributed by atoms with Crippen LogP contribution in [0.2, 0.25) is 0 Å². The summed E-state index contributed by atoms with van der Waals surface area (Å²) in [6.45, 7) is 3.45. The highest BCUT2D eigenvalue weighted by molar-refractivity contribution is 7.93. The molecule has 1 amide bonds. The Morgan fingerprint density at radius 3 is 2.33 bits per heavy atom. The van der Waals surface area contributed by atoms with Crippen LogP contribution in [-0.2, 0) is 14.8 Å². The van der Waals surface area contributed by atoms with Crippen LogP contribution in [0.25, 0.3) is 0 Å². The highest BCUT2D eigenvalue weighted by Gasteiger charge is 2.38. The van der Waals surface area contributed by atoms with Gasteiger partial charge in [-0.2, -0.15) is 0 Å². The lowest BCUT2D eigenvalue weighted by atomic mass is 10.1. The first-order chi connectivity index (χ1) is 12.8. The second-order valence-electron chi connectivity index (χ2n) is 6.28. The summed E-state index contributed by atoms with van der Waals surface area (Å²) in [6.07, 6.45) is 0. The lowest BCUT2D eigenvalue weighted by Crippen LogP contribution is -2.51. The third kappa shape index (κ3) is 3.21. The maximum Gasteiger partial charge on any atom is 0.268 e. The minimum atomic E-state index is -3.91. The Balaban J connectivity index is 2.15. The summed E-state index contributed by atoms with van der Waals surface area (Å²) >= 11 is 0. The first-order valence-electron chi connectivity index (χ1n) is 8.45. The topological polar surface area (TPSA) is 76.2 Å². The van der Waals surface area contributed by atoms with E-state index in [9.17, 15) is 13.2 Å². The number of rotatable bonds is 4. The number of methoxy groups -OCH3 is 2. The van der Waals surface area contributed by atoms with Crippen LogP contribution in [0.15, 0.2) is 47.4 Å². The molecule has 0 saturated heterocycles. The number of carbonyl (C=O) groups is 1. The number of hydrogen-bond acceptors (Lipinski definition) is 5. The molecule has 0 aliphatic carbocycles. The van der Waals surface area contributed by atoms with Crippen molar-refractivity contribution in [1.29, 1.82) is 0 Å². The molecule has 1 atom stereocenters. The van der Waals surface area contributed by atoms with Gasteiger partial charge in [0.05, 0.1) is 38.2 Å². The van der Waals surface area contributed by atoms with Crippen LogP contribution in [0, 0.1) is 0 Å².